The molecule has 0 fully saturated rings. The molecule has 0 bridgehead atoms. The molecule has 2 amide bonds. The minimum atomic E-state index is -0.537. The number of rotatable bonds is 3. The molecule has 0 spiro atoms. The van der Waals surface area contributed by atoms with Crippen LogP contribution in [-0.4, -0.2) is 29.3 Å². The molecule has 2 aliphatic rings. The quantitative estimate of drug-likeness (QED) is 0.632. The molecule has 0 aliphatic carbocycles. The van der Waals surface area contributed by atoms with Gasteiger partial charge in [-0.1, -0.05) is 72.8 Å². The molecule has 2 aliphatic heterocycles. The highest BCUT2D eigenvalue weighted by molar-refractivity contribution is 6.07. The molecule has 5 nitrogen and oxygen atoms in total. The zero-order valence-electron chi connectivity index (χ0n) is 19.1. The molecule has 0 radical (unpaired) electrons. The Kier molecular flexibility index (Phi) is 5.05. The van der Waals surface area contributed by atoms with Crippen molar-refractivity contribution in [1.29, 1.82) is 0 Å². The molecule has 5 heteroatoms. The number of amides is 2. The summed E-state index contributed by atoms with van der Waals surface area (Å²) in [5.74, 6) is -0.125. The number of hydrogen-bond acceptors (Lipinski definition) is 3. The predicted octanol–water partition coefficient (Wildman–Crippen LogP) is 4.93. The lowest BCUT2D eigenvalue weighted by Gasteiger charge is -2.34. The second-order valence-corrected chi connectivity index (χ2v) is 9.09. The number of para-hydroxylation sites is 2. The van der Waals surface area contributed by atoms with Gasteiger partial charge in [0.1, 0.15) is 0 Å². The van der Waals surface area contributed by atoms with E-state index in [9.17, 15) is 9.59 Å². The largest absolute Gasteiger partial charge is 0.355 e. The van der Waals surface area contributed by atoms with Gasteiger partial charge < -0.3 is 10.2 Å². The fraction of sp³-hybridized carbons (Fsp3) is 0.214. The zero-order chi connectivity index (χ0) is 23.2. The van der Waals surface area contributed by atoms with Gasteiger partial charge >= 0.3 is 0 Å². The minimum Gasteiger partial charge on any atom is -0.355 e. The van der Waals surface area contributed by atoms with Gasteiger partial charge in [0.2, 0.25) is 5.91 Å². The Morgan fingerprint density at radius 3 is 2.21 bits per heavy atom. The van der Waals surface area contributed by atoms with E-state index in [1.807, 2.05) is 106 Å². The van der Waals surface area contributed by atoms with Crippen molar-refractivity contribution >= 4 is 23.2 Å². The third-order valence-corrected chi connectivity index (χ3v) is 6.79. The Morgan fingerprint density at radius 1 is 0.909 bits per heavy atom. The summed E-state index contributed by atoms with van der Waals surface area (Å²) >= 11 is 0. The van der Waals surface area contributed by atoms with E-state index in [-0.39, 0.29) is 18.2 Å². The average Bonchev–Trinajstić information content (AvgIpc) is 2.95. The number of hydrogen-bond donors (Lipinski definition) is 1. The summed E-state index contributed by atoms with van der Waals surface area (Å²) in [4.78, 5) is 31.2. The first-order valence-corrected chi connectivity index (χ1v) is 11.2. The first-order valence-electron chi connectivity index (χ1n) is 11.2. The second-order valence-electron chi connectivity index (χ2n) is 9.09. The summed E-state index contributed by atoms with van der Waals surface area (Å²) in [6, 6.07) is 26.8. The normalized spacial score (nSPS) is 19.0. The Balaban J connectivity index is 1.75. The number of benzene rings is 3. The maximum atomic E-state index is 14.0. The van der Waals surface area contributed by atoms with Gasteiger partial charge in [-0.05, 0) is 37.1 Å². The van der Waals surface area contributed by atoms with Crippen molar-refractivity contribution in [2.24, 2.45) is 0 Å². The lowest BCUT2D eigenvalue weighted by atomic mass is 9.92. The fourth-order valence-corrected chi connectivity index (χ4v) is 4.79. The summed E-state index contributed by atoms with van der Waals surface area (Å²) in [5, 5.41) is 3.54. The van der Waals surface area contributed by atoms with E-state index < -0.39 is 11.6 Å². The van der Waals surface area contributed by atoms with Gasteiger partial charge in [-0.3, -0.25) is 14.5 Å². The molecule has 5 rings (SSSR count). The molecule has 33 heavy (non-hydrogen) atoms. The van der Waals surface area contributed by atoms with E-state index >= 15 is 0 Å². The van der Waals surface area contributed by atoms with E-state index in [0.717, 1.165) is 28.2 Å². The van der Waals surface area contributed by atoms with Crippen molar-refractivity contribution in [3.63, 3.8) is 0 Å². The molecule has 3 aromatic carbocycles. The molecule has 2 heterocycles. The van der Waals surface area contributed by atoms with E-state index in [1.165, 1.54) is 0 Å². The van der Waals surface area contributed by atoms with Gasteiger partial charge in [0.25, 0.3) is 5.91 Å². The third kappa shape index (κ3) is 3.41. The maximum absolute atomic E-state index is 14.0. The summed E-state index contributed by atoms with van der Waals surface area (Å²) in [6.07, 6.45) is 0.245. The predicted molar refractivity (Wildman–Crippen MR) is 131 cm³/mol. The number of fused-ring (bicyclic) bond motifs is 1. The monoisotopic (exact) mass is 437 g/mol. The average molecular weight is 438 g/mol. The van der Waals surface area contributed by atoms with Crippen LogP contribution in [0.1, 0.15) is 31.0 Å². The van der Waals surface area contributed by atoms with Crippen LogP contribution < -0.4 is 10.2 Å². The van der Waals surface area contributed by atoms with Crippen molar-refractivity contribution in [3.05, 3.63) is 107 Å². The van der Waals surface area contributed by atoms with Crippen LogP contribution in [0.3, 0.4) is 0 Å². The van der Waals surface area contributed by atoms with Gasteiger partial charge in [0.05, 0.1) is 40.6 Å². The maximum Gasteiger partial charge on any atom is 0.254 e. The number of anilines is 2. The number of nitrogens with one attached hydrogen (secondary N) is 1. The van der Waals surface area contributed by atoms with Crippen LogP contribution in [0.15, 0.2) is 96.2 Å². The summed E-state index contributed by atoms with van der Waals surface area (Å²) in [5.41, 5.74) is 4.36. The van der Waals surface area contributed by atoms with Crippen LogP contribution in [0.4, 0.5) is 11.4 Å². The van der Waals surface area contributed by atoms with Gasteiger partial charge in [0.15, 0.2) is 0 Å². The Hall–Kier alpha value is -3.86. The molecule has 3 aromatic rings. The molecule has 1 unspecified atom stereocenters. The van der Waals surface area contributed by atoms with Crippen molar-refractivity contribution in [3.8, 4) is 0 Å². The van der Waals surface area contributed by atoms with Crippen molar-refractivity contribution in [2.45, 2.75) is 31.8 Å². The Labute approximate surface area is 194 Å². The third-order valence-electron chi connectivity index (χ3n) is 6.79. The lowest BCUT2D eigenvalue weighted by Crippen LogP contribution is -2.43. The topological polar surface area (TPSA) is 52.7 Å². The highest BCUT2D eigenvalue weighted by Gasteiger charge is 2.50. The van der Waals surface area contributed by atoms with Crippen molar-refractivity contribution < 1.29 is 9.59 Å². The smallest absolute Gasteiger partial charge is 0.254 e. The van der Waals surface area contributed by atoms with E-state index in [2.05, 4.69) is 5.32 Å². The Bertz CT molecular complexity index is 1250. The molecular formula is C28H27N3O2. The van der Waals surface area contributed by atoms with Crippen LogP contribution >= 0.6 is 0 Å². The van der Waals surface area contributed by atoms with Gasteiger partial charge in [-0.25, -0.2) is 0 Å². The molecule has 1 atom stereocenters. The molecular weight excluding hydrogens is 410 g/mol. The van der Waals surface area contributed by atoms with E-state index in [0.29, 0.717) is 5.57 Å². The molecule has 1 N–H and O–H groups in total. The summed E-state index contributed by atoms with van der Waals surface area (Å²) < 4.78 is 0. The van der Waals surface area contributed by atoms with Gasteiger partial charge in [0, 0.05) is 7.05 Å². The van der Waals surface area contributed by atoms with E-state index in [4.69, 9.17) is 0 Å². The Morgan fingerprint density at radius 2 is 1.52 bits per heavy atom. The van der Waals surface area contributed by atoms with Gasteiger partial charge in [-0.15, -0.1) is 0 Å². The van der Waals surface area contributed by atoms with Crippen LogP contribution in [0.25, 0.3) is 0 Å². The summed E-state index contributed by atoms with van der Waals surface area (Å²) in [6.45, 7) is 4.07. The van der Waals surface area contributed by atoms with Gasteiger partial charge in [-0.2, -0.15) is 0 Å². The number of likely N-dealkylation sites (N-methyl/N-ethyl adjacent to an activating group) is 1. The molecule has 0 saturated heterocycles. The van der Waals surface area contributed by atoms with Crippen LogP contribution in [0.2, 0.25) is 0 Å². The van der Waals surface area contributed by atoms with Crippen LogP contribution in [0.5, 0.6) is 0 Å². The van der Waals surface area contributed by atoms with Crippen LogP contribution in [0, 0.1) is 0 Å². The minimum absolute atomic E-state index is 0.0572. The lowest BCUT2D eigenvalue weighted by molar-refractivity contribution is -0.127. The van der Waals surface area contributed by atoms with Crippen molar-refractivity contribution in [1.82, 2.24) is 4.90 Å². The van der Waals surface area contributed by atoms with Crippen molar-refractivity contribution in [2.75, 3.05) is 17.3 Å². The molecule has 0 aromatic heterocycles. The zero-order valence-corrected chi connectivity index (χ0v) is 19.1. The summed E-state index contributed by atoms with van der Waals surface area (Å²) in [7, 11) is 1.82. The number of carbonyl (C=O) groups is 2. The molecule has 0 saturated carbocycles. The highest BCUT2D eigenvalue weighted by atomic mass is 16.2. The standard InChI is InChI=1S/C28H27N3O2/c1-28(2)26-24(27(33)30(28)3)25(20-14-8-5-9-15-20)31(22-17-11-10-16-21(22)29-26)23(32)18-19-12-6-4-7-13-19/h4-17,25,29H,18H2,1-3H3. The SMILES string of the molecule is CN1C(=O)C2=C(Nc3ccccc3N(C(=O)Cc3ccccc3)C2c2ccccc2)C1(C)C. The highest BCUT2D eigenvalue weighted by Crippen LogP contribution is 2.48. The second kappa shape index (κ2) is 7.93. The first-order chi connectivity index (χ1) is 15.9. The first kappa shape index (κ1) is 21.0. The fourth-order valence-electron chi connectivity index (χ4n) is 4.79. The number of nitrogens with zero attached hydrogens (tertiary/aromatic N) is 2. The van der Waals surface area contributed by atoms with Crippen LogP contribution in [-0.2, 0) is 16.0 Å². The molecule has 166 valence electrons. The van der Waals surface area contributed by atoms with E-state index in [1.54, 1.807) is 9.80 Å². The number of carbonyl (C=O) groups excluding carboxylic acids is 2.